The van der Waals surface area contributed by atoms with Crippen molar-refractivity contribution in [2.45, 2.75) is 19.6 Å². The van der Waals surface area contributed by atoms with Crippen molar-refractivity contribution < 1.29 is 19.1 Å². The van der Waals surface area contributed by atoms with Crippen LogP contribution >= 0.6 is 11.3 Å². The summed E-state index contributed by atoms with van der Waals surface area (Å²) < 4.78 is 10.3. The van der Waals surface area contributed by atoms with Crippen LogP contribution in [0.1, 0.15) is 23.0 Å². The Bertz CT molecular complexity index is 920. The first kappa shape index (κ1) is 18.8. The van der Waals surface area contributed by atoms with Gasteiger partial charge < -0.3 is 14.5 Å². The quantitative estimate of drug-likeness (QED) is 0.608. The second kappa shape index (κ2) is 8.61. The smallest absolute Gasteiger partial charge is 0.354 e. The van der Waals surface area contributed by atoms with E-state index < -0.39 is 12.1 Å². The Morgan fingerprint density at radius 3 is 2.81 bits per heavy atom. The molecule has 1 amide bonds. The fourth-order valence-electron chi connectivity index (χ4n) is 2.31. The minimum absolute atomic E-state index is 0.267. The molecular formula is C19H19N3O4S. The molecule has 0 spiro atoms. The maximum Gasteiger partial charge on any atom is 0.354 e. The Hall–Kier alpha value is -2.97. The summed E-state index contributed by atoms with van der Waals surface area (Å²) in [5.41, 5.74) is 2.73. The number of aromatic amines is 1. The number of thiazole rings is 1. The normalized spacial score (nSPS) is 11.8. The highest BCUT2D eigenvalue weighted by molar-refractivity contribution is 7.14. The Labute approximate surface area is 160 Å². The van der Waals surface area contributed by atoms with Crippen molar-refractivity contribution in [2.24, 2.45) is 0 Å². The van der Waals surface area contributed by atoms with Gasteiger partial charge >= 0.3 is 5.97 Å². The van der Waals surface area contributed by atoms with Gasteiger partial charge in [0.1, 0.15) is 11.8 Å². The van der Waals surface area contributed by atoms with E-state index in [-0.39, 0.29) is 5.91 Å². The standard InChI is InChI=1S/C19H19N3O4S/c1-12(26-10-13-6-4-3-5-7-13)17(23)22-19-21-16(11-27-19)14-8-15(20-9-14)18(24)25-2/h3-9,11-12,20H,10H2,1-2H3,(H,21,22,23). The molecule has 2 aromatic heterocycles. The molecule has 1 unspecified atom stereocenters. The largest absolute Gasteiger partial charge is 0.464 e. The Morgan fingerprint density at radius 1 is 1.30 bits per heavy atom. The van der Waals surface area contributed by atoms with Crippen molar-refractivity contribution >= 4 is 28.3 Å². The van der Waals surface area contributed by atoms with E-state index in [1.165, 1.54) is 18.4 Å². The van der Waals surface area contributed by atoms with Crippen molar-refractivity contribution in [2.75, 3.05) is 12.4 Å². The lowest BCUT2D eigenvalue weighted by atomic mass is 10.2. The van der Waals surface area contributed by atoms with Crippen LogP contribution in [0.15, 0.2) is 48.0 Å². The molecule has 0 aliphatic rings. The first-order chi connectivity index (χ1) is 13.1. The van der Waals surface area contributed by atoms with E-state index in [0.717, 1.165) is 11.1 Å². The molecule has 140 valence electrons. The summed E-state index contributed by atoms with van der Waals surface area (Å²) in [6.45, 7) is 2.06. The lowest BCUT2D eigenvalue weighted by molar-refractivity contribution is -0.127. The molecule has 7 nitrogen and oxygen atoms in total. The monoisotopic (exact) mass is 385 g/mol. The Kier molecular flexibility index (Phi) is 6.00. The van der Waals surface area contributed by atoms with Crippen LogP contribution in [0.2, 0.25) is 0 Å². The molecule has 0 radical (unpaired) electrons. The molecule has 0 fully saturated rings. The molecule has 8 heteroatoms. The molecule has 0 saturated heterocycles. The zero-order valence-corrected chi connectivity index (χ0v) is 15.7. The molecule has 0 aliphatic heterocycles. The van der Waals surface area contributed by atoms with Crippen LogP contribution in [0, 0.1) is 0 Å². The lowest BCUT2D eigenvalue weighted by Crippen LogP contribution is -2.27. The summed E-state index contributed by atoms with van der Waals surface area (Å²) in [7, 11) is 1.32. The number of esters is 1. The fraction of sp³-hybridized carbons (Fsp3) is 0.211. The van der Waals surface area contributed by atoms with Gasteiger partial charge in [-0.3, -0.25) is 10.1 Å². The second-order valence-electron chi connectivity index (χ2n) is 5.76. The van der Waals surface area contributed by atoms with Crippen LogP contribution in [-0.4, -0.2) is 35.1 Å². The van der Waals surface area contributed by atoms with Crippen molar-refractivity contribution in [3.05, 3.63) is 59.2 Å². The number of benzene rings is 1. The SMILES string of the molecule is COC(=O)c1cc(-c2csc(NC(=O)C(C)OCc3ccccc3)n2)c[nH]1. The number of carbonyl (C=O) groups is 2. The van der Waals surface area contributed by atoms with Crippen LogP contribution in [0.25, 0.3) is 11.3 Å². The van der Waals surface area contributed by atoms with E-state index in [9.17, 15) is 9.59 Å². The number of anilines is 1. The number of rotatable bonds is 7. The number of hydrogen-bond donors (Lipinski definition) is 2. The van der Waals surface area contributed by atoms with Crippen LogP contribution in [0.5, 0.6) is 0 Å². The zero-order chi connectivity index (χ0) is 19.2. The lowest BCUT2D eigenvalue weighted by Gasteiger charge is -2.12. The maximum atomic E-state index is 12.3. The number of ether oxygens (including phenoxy) is 2. The zero-order valence-electron chi connectivity index (χ0n) is 14.9. The van der Waals surface area contributed by atoms with Gasteiger partial charge in [-0.05, 0) is 18.6 Å². The number of aromatic nitrogens is 2. The van der Waals surface area contributed by atoms with Crippen molar-refractivity contribution in [1.29, 1.82) is 0 Å². The molecule has 3 rings (SSSR count). The highest BCUT2D eigenvalue weighted by Gasteiger charge is 2.16. The Morgan fingerprint density at radius 2 is 2.07 bits per heavy atom. The minimum Gasteiger partial charge on any atom is -0.464 e. The van der Waals surface area contributed by atoms with E-state index in [1.54, 1.807) is 24.6 Å². The molecular weight excluding hydrogens is 366 g/mol. The van der Waals surface area contributed by atoms with Gasteiger partial charge in [-0.15, -0.1) is 11.3 Å². The third kappa shape index (κ3) is 4.81. The van der Waals surface area contributed by atoms with Crippen molar-refractivity contribution in [3.63, 3.8) is 0 Å². The highest BCUT2D eigenvalue weighted by Crippen LogP contribution is 2.25. The summed E-state index contributed by atoms with van der Waals surface area (Å²) in [5, 5.41) is 5.02. The Balaban J connectivity index is 1.57. The van der Waals surface area contributed by atoms with Gasteiger partial charge in [-0.2, -0.15) is 0 Å². The van der Waals surface area contributed by atoms with Gasteiger partial charge in [0.05, 0.1) is 19.4 Å². The predicted molar refractivity (Wildman–Crippen MR) is 103 cm³/mol. The summed E-state index contributed by atoms with van der Waals surface area (Å²) in [6.07, 6.45) is 1.05. The summed E-state index contributed by atoms with van der Waals surface area (Å²) in [5.74, 6) is -0.717. The third-order valence-corrected chi connectivity index (χ3v) is 4.59. The van der Waals surface area contributed by atoms with E-state index in [4.69, 9.17) is 4.74 Å². The number of hydrogen-bond acceptors (Lipinski definition) is 6. The fourth-order valence-corrected chi connectivity index (χ4v) is 3.03. The van der Waals surface area contributed by atoms with Gasteiger partial charge in [0.15, 0.2) is 5.13 Å². The van der Waals surface area contributed by atoms with Crippen LogP contribution in [0.3, 0.4) is 0 Å². The molecule has 0 bridgehead atoms. The van der Waals surface area contributed by atoms with Crippen LogP contribution in [-0.2, 0) is 20.9 Å². The first-order valence-corrected chi connectivity index (χ1v) is 9.14. The second-order valence-corrected chi connectivity index (χ2v) is 6.62. The number of nitrogens with one attached hydrogen (secondary N) is 2. The summed E-state index contributed by atoms with van der Waals surface area (Å²) >= 11 is 1.30. The molecule has 2 heterocycles. The topological polar surface area (TPSA) is 93.3 Å². The first-order valence-electron chi connectivity index (χ1n) is 8.26. The van der Waals surface area contributed by atoms with E-state index in [1.807, 2.05) is 30.3 Å². The molecule has 2 N–H and O–H groups in total. The number of nitrogens with zero attached hydrogens (tertiary/aromatic N) is 1. The van der Waals surface area contributed by atoms with Crippen LogP contribution < -0.4 is 5.32 Å². The molecule has 0 aliphatic carbocycles. The highest BCUT2D eigenvalue weighted by atomic mass is 32.1. The van der Waals surface area contributed by atoms with Gasteiger partial charge in [0.2, 0.25) is 0 Å². The average molecular weight is 385 g/mol. The van der Waals surface area contributed by atoms with Crippen molar-refractivity contribution in [3.8, 4) is 11.3 Å². The van der Waals surface area contributed by atoms with Crippen molar-refractivity contribution in [1.82, 2.24) is 9.97 Å². The van der Waals surface area contributed by atoms with E-state index in [2.05, 4.69) is 20.0 Å². The molecule has 0 saturated carbocycles. The number of carbonyl (C=O) groups excluding carboxylic acids is 2. The van der Waals surface area contributed by atoms with E-state index in [0.29, 0.717) is 23.1 Å². The molecule has 27 heavy (non-hydrogen) atoms. The maximum absolute atomic E-state index is 12.3. The van der Waals surface area contributed by atoms with Gasteiger partial charge in [-0.1, -0.05) is 30.3 Å². The number of amides is 1. The molecule has 1 aromatic carbocycles. The summed E-state index contributed by atoms with van der Waals surface area (Å²) in [4.78, 5) is 31.0. The number of H-pyrrole nitrogens is 1. The predicted octanol–water partition coefficient (Wildman–Crippen LogP) is 3.47. The minimum atomic E-state index is -0.615. The number of methoxy groups -OCH3 is 1. The van der Waals surface area contributed by atoms with E-state index >= 15 is 0 Å². The van der Waals surface area contributed by atoms with Gasteiger partial charge in [-0.25, -0.2) is 9.78 Å². The molecule has 1 atom stereocenters. The summed E-state index contributed by atoms with van der Waals surface area (Å²) in [6, 6.07) is 11.3. The van der Waals surface area contributed by atoms with Gasteiger partial charge in [0.25, 0.3) is 5.91 Å². The van der Waals surface area contributed by atoms with Crippen LogP contribution in [0.4, 0.5) is 5.13 Å². The average Bonchev–Trinajstić information content (AvgIpc) is 3.35. The third-order valence-electron chi connectivity index (χ3n) is 3.83. The van der Waals surface area contributed by atoms with Gasteiger partial charge in [0, 0.05) is 17.1 Å². The molecule has 3 aromatic rings.